The molecule has 2 aromatic carbocycles. The Balaban J connectivity index is 0.000000270. The summed E-state index contributed by atoms with van der Waals surface area (Å²) in [5.74, 6) is -0.769. The average molecular weight is 1770 g/mol. The number of hydrogen-bond donors (Lipinski definition) is 2. The molecule has 10 aromatic heterocycles. The van der Waals surface area contributed by atoms with E-state index in [1.807, 2.05) is 114 Å². The third kappa shape index (κ3) is 25.8. The van der Waals surface area contributed by atoms with Crippen LogP contribution in [0.4, 0.5) is 0 Å². The van der Waals surface area contributed by atoms with E-state index < -0.39 is 31.4 Å². The topological polar surface area (TPSA) is 296 Å². The van der Waals surface area contributed by atoms with Crippen LogP contribution in [0.1, 0.15) is 90.9 Å². The summed E-state index contributed by atoms with van der Waals surface area (Å²) in [5, 5.41) is 41.7. The summed E-state index contributed by atoms with van der Waals surface area (Å²) >= 11 is 24.2. The van der Waals surface area contributed by atoms with Gasteiger partial charge in [0.2, 0.25) is 9.23 Å². The molecule has 0 aliphatic carbocycles. The van der Waals surface area contributed by atoms with Crippen molar-refractivity contribution in [2.75, 3.05) is 21.3 Å². The third-order valence-electron chi connectivity index (χ3n) is 14.9. The second-order valence-corrected chi connectivity index (χ2v) is 35.6. The maximum Gasteiger partial charge on any atom is 1.00 e. The Bertz CT molecular complexity index is 4920. The van der Waals surface area contributed by atoms with Crippen LogP contribution in [0.25, 0.3) is 72.7 Å². The van der Waals surface area contributed by atoms with Gasteiger partial charge in [0, 0.05) is 159 Å². The normalized spacial score (nSPS) is 10.8. The number of carboxylic acids is 1. The molecule has 12 rings (SSSR count). The molecule has 0 spiro atoms. The number of hydrogen-bond acceptors (Lipinski definition) is 22. The summed E-state index contributed by atoms with van der Waals surface area (Å²) in [7, 11) is 11.6. The number of pyridine rings is 5. The first-order valence-corrected chi connectivity index (χ1v) is 40.3. The van der Waals surface area contributed by atoms with Crippen molar-refractivity contribution in [2.45, 2.75) is 87.1 Å². The molecule has 12 aromatic rings. The number of aliphatic hydroxyl groups is 1. The molecule has 0 unspecified atom stereocenters. The van der Waals surface area contributed by atoms with Crippen molar-refractivity contribution < 1.29 is 72.1 Å². The summed E-state index contributed by atoms with van der Waals surface area (Å²) < 4.78 is 31.7. The van der Waals surface area contributed by atoms with Gasteiger partial charge in [-0.2, -0.15) is 10.5 Å². The predicted octanol–water partition coefficient (Wildman–Crippen LogP) is 17.9. The second kappa shape index (κ2) is 42.4. The van der Waals surface area contributed by atoms with Crippen LogP contribution >= 0.6 is 137 Å². The Kier molecular flexibility index (Phi) is 36.8. The van der Waals surface area contributed by atoms with E-state index >= 15 is 0 Å². The van der Waals surface area contributed by atoms with Crippen LogP contribution < -0.4 is 18.9 Å². The number of aromatic nitrogens is 5. The Hall–Kier alpha value is -6.17. The minimum absolute atomic E-state index is 0. The zero-order chi connectivity index (χ0) is 75.2. The quantitative estimate of drug-likeness (QED) is 0.0336. The molecule has 0 saturated heterocycles. The Morgan fingerprint density at radius 3 is 1.08 bits per heavy atom. The van der Waals surface area contributed by atoms with Crippen molar-refractivity contribution >= 4 is 221 Å². The molecule has 3 N–H and O–H groups in total. The number of nitriles is 2. The standard InChI is InChI=1S/C20H18N2O2S.C19H16N2O2S.C13H14BrNO2S.C8H5BrClNS.C8H6BrNOS.C5H10O2.Cl2OS.Li.H2O/c1-20(2,19(23)24-3)9-15-8-16-17(11-22-12-18(16)25-15)14-6-4-13(10-21)5-7-14;1-19(2,18(22)23)8-14-7-15-16(10-21-11-17(15)24-14)13-5-3-12(9-20)4-6-13;1-13(2,12(16)17-3)5-8-4-9-10(14)6-15-7-11(9)18-8;9-7-3-11-4-8-6(7)1-5(2-10)12-8;9-7-2-10-3-8-6(7)1-5(4-11)12-8;1-4(2)5(6)7-3;1-4(2)3;;/h4-8,11-12H,9H2,1-3H3;3-7,10-11H,8H2,1-2H3,(H,22,23);4,6-7H,5H2,1-3H3;1,3-4H,2H2;1-3,11H,4H2;4H,1-3H3;;;1H2/q;;;;;;;+1;/p-1. The Labute approximate surface area is 676 Å². The molecule has 31 heteroatoms. The van der Waals surface area contributed by atoms with Crippen LogP contribution in [-0.4, -0.2) is 90.0 Å². The van der Waals surface area contributed by atoms with Crippen molar-refractivity contribution in [3.8, 4) is 34.4 Å². The van der Waals surface area contributed by atoms with E-state index in [1.165, 1.54) is 36.3 Å². The molecule has 18 nitrogen and oxygen atoms in total. The summed E-state index contributed by atoms with van der Waals surface area (Å²) in [6.45, 7) is 14.8. The van der Waals surface area contributed by atoms with Crippen LogP contribution in [-0.2, 0) is 74.4 Å². The SMILES string of the molecule is CC(C)(Cc1cc2c(-c3ccc(C#N)cc3)cncc2s1)C(=O)O.COC(=O)C(C)(C)Cc1cc2c(-c3ccc(C#N)cc3)cncc2s1.COC(=O)C(C)(C)Cc1cc2c(Br)cncc2s1.COC(=O)C(C)C.ClCc1cc2c(Br)cncc2s1.O=S(Cl)Cl.OCc1cc2c(Br)cncc2s1.[Li+].[OH-]. The molecule has 0 saturated carbocycles. The second-order valence-electron chi connectivity index (χ2n) is 24.4. The first-order valence-electron chi connectivity index (χ1n) is 30.5. The maximum atomic E-state index is 11.9. The van der Waals surface area contributed by atoms with E-state index in [0.717, 1.165) is 95.5 Å². The summed E-state index contributed by atoms with van der Waals surface area (Å²) in [6.07, 6.45) is 19.9. The van der Waals surface area contributed by atoms with Gasteiger partial charge in [-0.3, -0.25) is 44.1 Å². The summed E-state index contributed by atoms with van der Waals surface area (Å²) in [4.78, 5) is 71.7. The van der Waals surface area contributed by atoms with Crippen molar-refractivity contribution in [1.29, 1.82) is 10.5 Å². The van der Waals surface area contributed by atoms with Gasteiger partial charge in [-0.25, -0.2) is 4.21 Å². The van der Waals surface area contributed by atoms with E-state index in [4.69, 9.17) is 40.9 Å². The fourth-order valence-electron chi connectivity index (χ4n) is 9.60. The summed E-state index contributed by atoms with van der Waals surface area (Å²) in [5.41, 5.74) is 3.41. The fraction of sp³-hybridized carbons (Fsp3) is 0.274. The minimum atomic E-state index is -1.67. The minimum Gasteiger partial charge on any atom is -0.870 e. The maximum absolute atomic E-state index is 11.9. The number of esters is 3. The van der Waals surface area contributed by atoms with Gasteiger partial charge < -0.3 is 29.9 Å². The van der Waals surface area contributed by atoms with E-state index in [1.54, 1.807) is 115 Å². The third-order valence-corrected chi connectivity index (χ3v) is 22.5. The zero-order valence-electron chi connectivity index (χ0n) is 58.3. The number of rotatable bonds is 14. The zero-order valence-corrected chi connectivity index (χ0v) is 70.3. The number of aliphatic carboxylic acids is 1. The number of halogens is 6. The molecule has 0 aliphatic heterocycles. The molecular formula is C73H70Br3Cl3LiN7O11S6. The molecule has 0 amide bonds. The smallest absolute Gasteiger partial charge is 0.870 e. The van der Waals surface area contributed by atoms with Crippen LogP contribution in [0.2, 0.25) is 0 Å². The fourth-order valence-corrected chi connectivity index (χ4v) is 17.2. The van der Waals surface area contributed by atoms with Crippen LogP contribution in [0.5, 0.6) is 0 Å². The molecule has 10 heterocycles. The van der Waals surface area contributed by atoms with Crippen molar-refractivity contribution in [3.05, 3.63) is 190 Å². The van der Waals surface area contributed by atoms with Crippen molar-refractivity contribution in [3.63, 3.8) is 0 Å². The molecule has 0 aliphatic rings. The van der Waals surface area contributed by atoms with E-state index in [2.05, 4.69) is 135 Å². The molecular weight excluding hydrogens is 1700 g/mol. The monoisotopic (exact) mass is 1760 g/mol. The van der Waals surface area contributed by atoms with Gasteiger partial charge in [0.1, 0.15) is 0 Å². The van der Waals surface area contributed by atoms with Gasteiger partial charge in [0.15, 0.2) is 0 Å². The molecule has 104 heavy (non-hydrogen) atoms. The van der Waals surface area contributed by atoms with Gasteiger partial charge in [0.25, 0.3) is 0 Å². The number of carbonyl (C=O) groups is 4. The van der Waals surface area contributed by atoms with Gasteiger partial charge in [0.05, 0.1) is 103 Å². The number of benzene rings is 2. The van der Waals surface area contributed by atoms with Gasteiger partial charge in [-0.05, 0) is 174 Å². The number of carbonyl (C=O) groups excluding carboxylic acids is 3. The average Bonchev–Trinajstić information content (AvgIpc) is 1.63. The first kappa shape index (κ1) is 90.2. The first-order chi connectivity index (χ1) is 48.3. The Morgan fingerprint density at radius 1 is 0.510 bits per heavy atom. The van der Waals surface area contributed by atoms with Gasteiger partial charge in [-0.15, -0.1) is 68.3 Å². The van der Waals surface area contributed by atoms with Crippen molar-refractivity contribution in [1.82, 2.24) is 24.9 Å². The molecule has 542 valence electrons. The molecule has 0 radical (unpaired) electrons. The van der Waals surface area contributed by atoms with Gasteiger partial charge in [-0.1, -0.05) is 38.1 Å². The molecule has 0 atom stereocenters. The van der Waals surface area contributed by atoms with Crippen molar-refractivity contribution in [2.24, 2.45) is 22.2 Å². The van der Waals surface area contributed by atoms with Gasteiger partial charge >= 0.3 is 42.7 Å². The predicted molar refractivity (Wildman–Crippen MR) is 430 cm³/mol. The number of carboxylic acid groups (broad SMARTS) is 1. The number of alkyl halides is 1. The van der Waals surface area contributed by atoms with Crippen LogP contribution in [0.3, 0.4) is 0 Å². The number of methoxy groups -OCH3 is 3. The number of aliphatic hydroxyl groups excluding tert-OH is 1. The van der Waals surface area contributed by atoms with Crippen LogP contribution in [0.15, 0.2) is 154 Å². The van der Waals surface area contributed by atoms with E-state index in [-0.39, 0.29) is 54.8 Å². The molecule has 0 bridgehead atoms. The number of ether oxygens (including phenoxy) is 3. The Morgan fingerprint density at radius 2 is 0.798 bits per heavy atom. The van der Waals surface area contributed by atoms with E-state index in [9.17, 15) is 24.3 Å². The number of thiophene rings is 5. The summed E-state index contributed by atoms with van der Waals surface area (Å²) in [6, 6.07) is 29.5. The van der Waals surface area contributed by atoms with Crippen LogP contribution in [0, 0.1) is 44.8 Å². The number of fused-ring (bicyclic) bond motifs is 5. The number of nitrogens with zero attached hydrogens (tertiary/aromatic N) is 7. The largest absolute Gasteiger partial charge is 1.00 e. The van der Waals surface area contributed by atoms with E-state index in [0.29, 0.717) is 36.3 Å². The molecule has 0 fully saturated rings.